The van der Waals surface area contributed by atoms with E-state index < -0.39 is 0 Å². The maximum atomic E-state index is 10.7. The van der Waals surface area contributed by atoms with E-state index >= 15 is 0 Å². The number of allylic oxidation sites excluding steroid dienone is 1. The zero-order chi connectivity index (χ0) is 10.1. The van der Waals surface area contributed by atoms with Gasteiger partial charge in [0.15, 0.2) is 11.6 Å². The Balaban J connectivity index is 3.26. The van der Waals surface area contributed by atoms with Crippen LogP contribution in [0.25, 0.3) is 0 Å². The van der Waals surface area contributed by atoms with Gasteiger partial charge in [0.05, 0.1) is 0 Å². The highest BCUT2D eigenvalue weighted by molar-refractivity contribution is 5.90. The van der Waals surface area contributed by atoms with Gasteiger partial charge >= 0.3 is 0 Å². The van der Waals surface area contributed by atoms with Crippen LogP contribution in [0.3, 0.4) is 0 Å². The van der Waals surface area contributed by atoms with Gasteiger partial charge in [0.1, 0.15) is 6.61 Å². The van der Waals surface area contributed by atoms with Crippen molar-refractivity contribution < 1.29 is 14.3 Å². The van der Waals surface area contributed by atoms with Crippen LogP contribution in [0, 0.1) is 0 Å². The van der Waals surface area contributed by atoms with Crippen molar-refractivity contribution in [1.29, 1.82) is 0 Å². The second-order valence-electron chi connectivity index (χ2n) is 2.50. The quantitative estimate of drug-likeness (QED) is 0.419. The fourth-order valence-corrected chi connectivity index (χ4v) is 0.682. The first-order chi connectivity index (χ1) is 6.20. The molecule has 72 valence electrons. The van der Waals surface area contributed by atoms with Gasteiger partial charge in [-0.25, -0.2) is 0 Å². The molecule has 0 N–H and O–H groups in total. The fourth-order valence-electron chi connectivity index (χ4n) is 0.682. The minimum Gasteiger partial charge on any atom is -0.373 e. The number of hydrogen-bond donors (Lipinski definition) is 0. The molecule has 0 amide bonds. The summed E-state index contributed by atoms with van der Waals surface area (Å²) in [6.07, 6.45) is 3.55. The number of carbonyl (C=O) groups excluding carboxylic acids is 2. The van der Waals surface area contributed by atoms with E-state index in [0.29, 0.717) is 19.4 Å². The van der Waals surface area contributed by atoms with Gasteiger partial charge in [0.25, 0.3) is 0 Å². The van der Waals surface area contributed by atoms with Crippen molar-refractivity contribution in [3.63, 3.8) is 0 Å². The normalized spacial score (nSPS) is 9.23. The highest BCUT2D eigenvalue weighted by Gasteiger charge is 1.97. The predicted octanol–water partition coefficient (Wildman–Crippen LogP) is 1.29. The minimum atomic E-state index is -0.143. The Hall–Kier alpha value is -1.22. The molecule has 0 heterocycles. The molecule has 0 saturated carbocycles. The molecule has 0 saturated heterocycles. The number of ether oxygens (including phenoxy) is 1. The van der Waals surface area contributed by atoms with Crippen LogP contribution in [-0.2, 0) is 14.3 Å². The largest absolute Gasteiger partial charge is 0.373 e. The lowest BCUT2D eigenvalue weighted by molar-refractivity contribution is -0.119. The Bertz CT molecular complexity index is 184. The van der Waals surface area contributed by atoms with Gasteiger partial charge in [-0.05, 0) is 18.6 Å². The van der Waals surface area contributed by atoms with Crippen LogP contribution in [0.1, 0.15) is 12.8 Å². The Kier molecular flexibility index (Phi) is 6.73. The van der Waals surface area contributed by atoms with Crippen molar-refractivity contribution >= 4 is 11.6 Å². The summed E-state index contributed by atoms with van der Waals surface area (Å²) in [5.74, 6) is -0.145. The highest BCUT2D eigenvalue weighted by atomic mass is 16.5. The molecule has 3 nitrogen and oxygen atoms in total. The molecule has 0 atom stereocenters. The van der Waals surface area contributed by atoms with Gasteiger partial charge in [0, 0.05) is 13.0 Å². The Labute approximate surface area is 78.1 Å². The van der Waals surface area contributed by atoms with E-state index in [1.807, 2.05) is 0 Å². The Morgan fingerprint density at radius 1 is 1.15 bits per heavy atom. The number of rotatable bonds is 8. The molecule has 0 bridgehead atoms. The van der Waals surface area contributed by atoms with Crippen molar-refractivity contribution in [2.24, 2.45) is 0 Å². The van der Waals surface area contributed by atoms with Crippen molar-refractivity contribution in [1.82, 2.24) is 0 Å². The van der Waals surface area contributed by atoms with E-state index in [-0.39, 0.29) is 18.2 Å². The maximum absolute atomic E-state index is 10.7. The zero-order valence-electron chi connectivity index (χ0n) is 7.62. The van der Waals surface area contributed by atoms with Gasteiger partial charge in [-0.1, -0.05) is 13.2 Å². The SMILES string of the molecule is C=CC(=O)CCCOCC(=O)C=C. The van der Waals surface area contributed by atoms with Crippen molar-refractivity contribution in [2.75, 3.05) is 13.2 Å². The van der Waals surface area contributed by atoms with Crippen molar-refractivity contribution in [3.8, 4) is 0 Å². The Morgan fingerprint density at radius 3 is 2.31 bits per heavy atom. The molecule has 0 radical (unpaired) electrons. The number of hydrogen-bond acceptors (Lipinski definition) is 3. The van der Waals surface area contributed by atoms with Gasteiger partial charge < -0.3 is 4.74 Å². The van der Waals surface area contributed by atoms with Crippen LogP contribution < -0.4 is 0 Å². The maximum Gasteiger partial charge on any atom is 0.180 e. The summed E-state index contributed by atoms with van der Waals surface area (Å²) in [6, 6.07) is 0. The zero-order valence-corrected chi connectivity index (χ0v) is 7.62. The van der Waals surface area contributed by atoms with Crippen molar-refractivity contribution in [3.05, 3.63) is 25.3 Å². The van der Waals surface area contributed by atoms with Gasteiger partial charge in [-0.15, -0.1) is 0 Å². The first kappa shape index (κ1) is 11.8. The van der Waals surface area contributed by atoms with Crippen LogP contribution in [0.15, 0.2) is 25.3 Å². The molecule has 0 aromatic rings. The topological polar surface area (TPSA) is 43.4 Å². The van der Waals surface area contributed by atoms with Crippen LogP contribution in [0.5, 0.6) is 0 Å². The molecular formula is C10H14O3. The molecule has 0 aliphatic heterocycles. The highest BCUT2D eigenvalue weighted by Crippen LogP contribution is 1.92. The lowest BCUT2D eigenvalue weighted by atomic mass is 10.2. The van der Waals surface area contributed by atoms with Crippen LogP contribution in [0.2, 0.25) is 0 Å². The first-order valence-corrected chi connectivity index (χ1v) is 4.09. The third-order valence-electron chi connectivity index (χ3n) is 1.41. The monoisotopic (exact) mass is 182 g/mol. The lowest BCUT2D eigenvalue weighted by Gasteiger charge is -1.99. The van der Waals surface area contributed by atoms with E-state index in [1.165, 1.54) is 12.2 Å². The summed E-state index contributed by atoms with van der Waals surface area (Å²) in [4.78, 5) is 21.3. The third-order valence-corrected chi connectivity index (χ3v) is 1.41. The Morgan fingerprint density at radius 2 is 1.77 bits per heavy atom. The summed E-state index contributed by atoms with van der Waals surface area (Å²) in [7, 11) is 0. The molecule has 0 rings (SSSR count). The molecule has 3 heteroatoms. The molecule has 0 aromatic heterocycles. The molecule has 0 unspecified atom stereocenters. The van der Waals surface area contributed by atoms with E-state index in [0.717, 1.165) is 0 Å². The summed E-state index contributed by atoms with van der Waals surface area (Å²) >= 11 is 0. The summed E-state index contributed by atoms with van der Waals surface area (Å²) in [5, 5.41) is 0. The van der Waals surface area contributed by atoms with Crippen LogP contribution in [-0.4, -0.2) is 24.8 Å². The first-order valence-electron chi connectivity index (χ1n) is 4.09. The molecular weight excluding hydrogens is 168 g/mol. The van der Waals surface area contributed by atoms with E-state index in [1.54, 1.807) is 0 Å². The number of ketones is 2. The van der Waals surface area contributed by atoms with Crippen molar-refractivity contribution in [2.45, 2.75) is 12.8 Å². The molecule has 0 aliphatic carbocycles. The number of carbonyl (C=O) groups is 2. The molecule has 0 aromatic carbocycles. The van der Waals surface area contributed by atoms with Crippen LogP contribution >= 0.6 is 0 Å². The molecule has 0 fully saturated rings. The standard InChI is InChI=1S/C10H14O3/c1-3-9(11)6-5-7-13-8-10(12)4-2/h3-4H,1-2,5-8H2. The van der Waals surface area contributed by atoms with Gasteiger partial charge in [-0.3, -0.25) is 9.59 Å². The van der Waals surface area contributed by atoms with E-state index in [4.69, 9.17) is 4.74 Å². The van der Waals surface area contributed by atoms with E-state index in [9.17, 15) is 9.59 Å². The molecule has 0 aliphatic rings. The second-order valence-corrected chi connectivity index (χ2v) is 2.50. The summed E-state index contributed by atoms with van der Waals surface area (Å²) in [5.41, 5.74) is 0. The third kappa shape index (κ3) is 7.15. The van der Waals surface area contributed by atoms with Crippen LogP contribution in [0.4, 0.5) is 0 Å². The second kappa shape index (κ2) is 7.43. The van der Waals surface area contributed by atoms with Gasteiger partial charge in [-0.2, -0.15) is 0 Å². The predicted molar refractivity (Wildman–Crippen MR) is 50.5 cm³/mol. The summed E-state index contributed by atoms with van der Waals surface area (Å²) in [6.45, 7) is 7.11. The average molecular weight is 182 g/mol. The average Bonchev–Trinajstić information content (AvgIpc) is 2.16. The minimum absolute atomic E-state index is 0.00125. The molecule has 13 heavy (non-hydrogen) atoms. The van der Waals surface area contributed by atoms with Gasteiger partial charge in [0.2, 0.25) is 0 Å². The van der Waals surface area contributed by atoms with E-state index in [2.05, 4.69) is 13.2 Å². The summed E-state index contributed by atoms with van der Waals surface area (Å²) < 4.78 is 4.97. The lowest BCUT2D eigenvalue weighted by Crippen LogP contribution is -2.07. The fraction of sp³-hybridized carbons (Fsp3) is 0.400. The molecule has 0 spiro atoms. The smallest absolute Gasteiger partial charge is 0.180 e.